The van der Waals surface area contributed by atoms with Crippen LogP contribution in [0.5, 0.6) is 5.75 Å². The van der Waals surface area contributed by atoms with E-state index >= 15 is 0 Å². The Labute approximate surface area is 152 Å². The molecule has 0 aliphatic heterocycles. The van der Waals surface area contributed by atoms with E-state index in [1.807, 2.05) is 24.3 Å². The third-order valence-corrected chi connectivity index (χ3v) is 3.95. The van der Waals surface area contributed by atoms with E-state index in [1.54, 1.807) is 31.4 Å². The van der Waals surface area contributed by atoms with Crippen LogP contribution < -0.4 is 15.0 Å². The molecule has 2 amide bonds. The fourth-order valence-corrected chi connectivity index (χ4v) is 2.66. The van der Waals surface area contributed by atoms with Gasteiger partial charge in [0.05, 0.1) is 7.11 Å². The van der Waals surface area contributed by atoms with E-state index in [-0.39, 0.29) is 18.4 Å². The molecule has 0 saturated carbocycles. The van der Waals surface area contributed by atoms with E-state index < -0.39 is 0 Å². The Hall–Kier alpha value is -2.53. The summed E-state index contributed by atoms with van der Waals surface area (Å²) in [7, 11) is 1.62. The number of ether oxygens (including phenoxy) is 1. The topological polar surface area (TPSA) is 58.6 Å². The van der Waals surface area contributed by atoms with Gasteiger partial charge in [0.2, 0.25) is 11.8 Å². The maximum Gasteiger partial charge on any atom is 0.240 e. The number of rotatable bonds is 7. The fourth-order valence-electron chi connectivity index (χ4n) is 2.47. The molecule has 6 heteroatoms. The molecule has 0 atom stereocenters. The Morgan fingerprint density at radius 2 is 1.92 bits per heavy atom. The molecule has 2 aromatic rings. The summed E-state index contributed by atoms with van der Waals surface area (Å²) in [6.07, 6.45) is 0.646. The first-order valence-corrected chi connectivity index (χ1v) is 8.31. The summed E-state index contributed by atoms with van der Waals surface area (Å²) in [5, 5.41) is 3.35. The van der Waals surface area contributed by atoms with E-state index in [2.05, 4.69) is 5.32 Å². The van der Waals surface area contributed by atoms with Crippen molar-refractivity contribution in [3.05, 3.63) is 59.1 Å². The van der Waals surface area contributed by atoms with Gasteiger partial charge in [-0.05, 0) is 36.2 Å². The Morgan fingerprint density at radius 3 is 2.60 bits per heavy atom. The highest BCUT2D eigenvalue weighted by Gasteiger charge is 2.16. The number of benzene rings is 2. The second-order valence-corrected chi connectivity index (χ2v) is 5.93. The molecule has 0 fully saturated rings. The second-order valence-electron chi connectivity index (χ2n) is 5.50. The van der Waals surface area contributed by atoms with Gasteiger partial charge >= 0.3 is 0 Å². The molecular weight excluding hydrogens is 340 g/mol. The highest BCUT2D eigenvalue weighted by molar-refractivity contribution is 6.30. The summed E-state index contributed by atoms with van der Waals surface area (Å²) in [6, 6.07) is 14.5. The minimum Gasteiger partial charge on any atom is -0.496 e. The summed E-state index contributed by atoms with van der Waals surface area (Å²) >= 11 is 5.96. The Balaban J connectivity index is 1.92. The standard InChI is InChI=1S/C19H21ClN2O3/c1-14(23)22(17-8-5-7-16(20)12-17)13-19(24)21-11-10-15-6-3-4-9-18(15)25-2/h3-9,12H,10-11,13H2,1-2H3,(H,21,24). The number of anilines is 1. The predicted molar refractivity (Wildman–Crippen MR) is 99.2 cm³/mol. The van der Waals surface area contributed by atoms with Crippen molar-refractivity contribution >= 4 is 29.1 Å². The summed E-state index contributed by atoms with van der Waals surface area (Å²) < 4.78 is 5.29. The number of hydrogen-bond donors (Lipinski definition) is 1. The van der Waals surface area contributed by atoms with Crippen molar-refractivity contribution in [2.45, 2.75) is 13.3 Å². The Morgan fingerprint density at radius 1 is 1.16 bits per heavy atom. The molecule has 25 heavy (non-hydrogen) atoms. The lowest BCUT2D eigenvalue weighted by molar-refractivity contribution is -0.123. The number of methoxy groups -OCH3 is 1. The summed E-state index contributed by atoms with van der Waals surface area (Å²) in [5.41, 5.74) is 1.61. The zero-order valence-electron chi connectivity index (χ0n) is 14.3. The van der Waals surface area contributed by atoms with Gasteiger partial charge in [0.1, 0.15) is 12.3 Å². The van der Waals surface area contributed by atoms with Crippen LogP contribution in [-0.2, 0) is 16.0 Å². The zero-order valence-corrected chi connectivity index (χ0v) is 15.0. The monoisotopic (exact) mass is 360 g/mol. The highest BCUT2D eigenvalue weighted by Crippen LogP contribution is 2.20. The van der Waals surface area contributed by atoms with Gasteiger partial charge in [0.15, 0.2) is 0 Å². The van der Waals surface area contributed by atoms with Crippen LogP contribution in [-0.4, -0.2) is 32.0 Å². The van der Waals surface area contributed by atoms with Gasteiger partial charge < -0.3 is 15.0 Å². The first-order valence-electron chi connectivity index (χ1n) is 7.93. The normalized spacial score (nSPS) is 10.2. The minimum atomic E-state index is -0.231. The average molecular weight is 361 g/mol. The largest absolute Gasteiger partial charge is 0.496 e. The maximum absolute atomic E-state index is 12.2. The molecule has 0 aromatic heterocycles. The number of nitrogens with one attached hydrogen (secondary N) is 1. The lowest BCUT2D eigenvalue weighted by atomic mass is 10.1. The van der Waals surface area contributed by atoms with E-state index in [9.17, 15) is 9.59 Å². The van der Waals surface area contributed by atoms with Gasteiger partial charge in [0, 0.05) is 24.2 Å². The third-order valence-electron chi connectivity index (χ3n) is 3.71. The fraction of sp³-hybridized carbons (Fsp3) is 0.263. The van der Waals surface area contributed by atoms with Crippen molar-refractivity contribution in [1.82, 2.24) is 5.32 Å². The van der Waals surface area contributed by atoms with Crippen LogP contribution in [0.1, 0.15) is 12.5 Å². The molecule has 132 valence electrons. The van der Waals surface area contributed by atoms with Gasteiger partial charge in [-0.15, -0.1) is 0 Å². The number of hydrogen-bond acceptors (Lipinski definition) is 3. The van der Waals surface area contributed by atoms with Gasteiger partial charge in [-0.25, -0.2) is 0 Å². The predicted octanol–water partition coefficient (Wildman–Crippen LogP) is 3.06. The van der Waals surface area contributed by atoms with Crippen molar-refractivity contribution in [1.29, 1.82) is 0 Å². The van der Waals surface area contributed by atoms with E-state index in [0.717, 1.165) is 11.3 Å². The quantitative estimate of drug-likeness (QED) is 0.825. The van der Waals surface area contributed by atoms with Gasteiger partial charge in [-0.3, -0.25) is 9.59 Å². The molecular formula is C19H21ClN2O3. The molecule has 1 N–H and O–H groups in total. The number of para-hydroxylation sites is 1. The Kier molecular flexibility index (Phi) is 6.83. The van der Waals surface area contributed by atoms with Crippen LogP contribution >= 0.6 is 11.6 Å². The molecule has 2 rings (SSSR count). The van der Waals surface area contributed by atoms with Crippen LogP contribution in [0.3, 0.4) is 0 Å². The first-order chi connectivity index (χ1) is 12.0. The van der Waals surface area contributed by atoms with Crippen LogP contribution in [0.2, 0.25) is 5.02 Å². The van der Waals surface area contributed by atoms with Crippen molar-refractivity contribution in [3.8, 4) is 5.75 Å². The first kappa shape index (κ1) is 18.8. The molecule has 0 radical (unpaired) electrons. The number of amides is 2. The molecule has 0 aliphatic rings. The lowest BCUT2D eigenvalue weighted by Crippen LogP contribution is -2.40. The van der Waals surface area contributed by atoms with Gasteiger partial charge in [-0.2, -0.15) is 0 Å². The number of nitrogens with zero attached hydrogens (tertiary/aromatic N) is 1. The van der Waals surface area contributed by atoms with Crippen LogP contribution in [0.25, 0.3) is 0 Å². The maximum atomic E-state index is 12.2. The Bertz CT molecular complexity index is 749. The molecule has 2 aromatic carbocycles. The SMILES string of the molecule is COc1ccccc1CCNC(=O)CN(C(C)=O)c1cccc(Cl)c1. The molecule has 0 unspecified atom stereocenters. The smallest absolute Gasteiger partial charge is 0.240 e. The molecule has 0 saturated heterocycles. The van der Waals surface area contributed by atoms with E-state index in [0.29, 0.717) is 23.7 Å². The number of carbonyl (C=O) groups is 2. The second kappa shape index (κ2) is 9.08. The van der Waals surface area contributed by atoms with Crippen molar-refractivity contribution in [3.63, 3.8) is 0 Å². The van der Waals surface area contributed by atoms with Crippen LogP contribution in [0, 0.1) is 0 Å². The molecule has 0 aliphatic carbocycles. The van der Waals surface area contributed by atoms with Gasteiger partial charge in [-0.1, -0.05) is 35.9 Å². The number of halogens is 1. The highest BCUT2D eigenvalue weighted by atomic mass is 35.5. The lowest BCUT2D eigenvalue weighted by Gasteiger charge is -2.21. The summed E-state index contributed by atoms with van der Waals surface area (Å²) in [4.78, 5) is 25.4. The molecule has 0 bridgehead atoms. The van der Waals surface area contributed by atoms with Crippen LogP contribution in [0.4, 0.5) is 5.69 Å². The third kappa shape index (κ3) is 5.50. The van der Waals surface area contributed by atoms with Crippen molar-refractivity contribution in [2.24, 2.45) is 0 Å². The molecule has 0 spiro atoms. The number of carbonyl (C=O) groups excluding carboxylic acids is 2. The summed E-state index contributed by atoms with van der Waals surface area (Å²) in [5.74, 6) is 0.341. The summed E-state index contributed by atoms with van der Waals surface area (Å²) in [6.45, 7) is 1.82. The molecule has 5 nitrogen and oxygen atoms in total. The van der Waals surface area contributed by atoms with Crippen molar-refractivity contribution in [2.75, 3.05) is 25.1 Å². The van der Waals surface area contributed by atoms with Crippen molar-refractivity contribution < 1.29 is 14.3 Å². The van der Waals surface area contributed by atoms with E-state index in [4.69, 9.17) is 16.3 Å². The minimum absolute atomic E-state index is 0.0540. The van der Waals surface area contributed by atoms with Crippen LogP contribution in [0.15, 0.2) is 48.5 Å². The average Bonchev–Trinajstić information content (AvgIpc) is 2.60. The van der Waals surface area contributed by atoms with Gasteiger partial charge in [0.25, 0.3) is 0 Å². The van der Waals surface area contributed by atoms with E-state index in [1.165, 1.54) is 11.8 Å². The molecule has 0 heterocycles. The zero-order chi connectivity index (χ0) is 18.2.